The average molecular weight is 727 g/mol. The number of aryl methyl sites for hydroxylation is 1. The molecule has 5 aromatic rings. The lowest BCUT2D eigenvalue weighted by atomic mass is 10.1. The highest BCUT2D eigenvalue weighted by Crippen LogP contribution is 2.38. The fourth-order valence-electron chi connectivity index (χ4n) is 6.05. The molecule has 4 heterocycles. The van der Waals surface area contributed by atoms with Gasteiger partial charge in [-0.1, -0.05) is 34.5 Å². The van der Waals surface area contributed by atoms with E-state index in [1.807, 2.05) is 4.90 Å². The second-order valence-electron chi connectivity index (χ2n) is 12.2. The molecule has 2 fully saturated rings. The number of hydrogen-bond donors (Lipinski definition) is 4. The van der Waals surface area contributed by atoms with Gasteiger partial charge in [0.1, 0.15) is 17.1 Å². The number of rotatable bonds is 9. The number of hydrogen-bond acceptors (Lipinski definition) is 8. The molecule has 0 atom stereocenters. The molecule has 254 valence electrons. The molecule has 7 rings (SSSR count). The Bertz CT molecular complexity index is 2220. The summed E-state index contributed by atoms with van der Waals surface area (Å²) in [6.45, 7) is 4.50. The Morgan fingerprint density at radius 2 is 1.84 bits per heavy atom. The molecule has 0 radical (unpaired) electrons. The third-order valence-corrected chi connectivity index (χ3v) is 10.7. The first-order valence-corrected chi connectivity index (χ1v) is 17.2. The van der Waals surface area contributed by atoms with Crippen LogP contribution < -0.4 is 21.0 Å². The number of nitrogens with zero attached hydrogens (tertiary/aromatic N) is 4. The molecular formula is C33H30Cl2FN7O5S. The summed E-state index contributed by atoms with van der Waals surface area (Å²) in [7, 11) is 0. The lowest BCUT2D eigenvalue weighted by Gasteiger charge is -2.36. The molecule has 0 unspecified atom stereocenters. The number of aromatic nitrogens is 3. The minimum atomic E-state index is -1.32. The number of aromatic carboxylic acids is 1. The highest BCUT2D eigenvalue weighted by molar-refractivity contribution is 7.22. The Balaban J connectivity index is 0.944. The van der Waals surface area contributed by atoms with Crippen molar-refractivity contribution in [2.24, 2.45) is 0 Å². The van der Waals surface area contributed by atoms with Gasteiger partial charge in [-0.15, -0.1) is 0 Å². The fraction of sp³-hybridized carbons (Fsp3) is 0.303. The molecule has 2 amide bonds. The van der Waals surface area contributed by atoms with Gasteiger partial charge in [0.2, 0.25) is 11.3 Å². The Morgan fingerprint density at radius 3 is 2.51 bits per heavy atom. The van der Waals surface area contributed by atoms with Crippen molar-refractivity contribution in [3.8, 4) is 0 Å². The number of carboxylic acids is 1. The number of H-pyrrole nitrogens is 1. The summed E-state index contributed by atoms with van der Waals surface area (Å²) in [6.07, 6.45) is 3.38. The van der Waals surface area contributed by atoms with Crippen molar-refractivity contribution >= 4 is 89.9 Å². The first-order chi connectivity index (χ1) is 23.5. The van der Waals surface area contributed by atoms with Crippen molar-refractivity contribution in [3.05, 3.63) is 79.6 Å². The topological polar surface area (TPSA) is 153 Å². The molecule has 2 aromatic carbocycles. The number of piperazine rings is 1. The number of fused-ring (bicyclic) bond motifs is 2. The molecule has 3 aromatic heterocycles. The van der Waals surface area contributed by atoms with Crippen LogP contribution >= 0.6 is 34.5 Å². The number of halogens is 3. The van der Waals surface area contributed by atoms with Crippen molar-refractivity contribution in [2.45, 2.75) is 32.2 Å². The van der Waals surface area contributed by atoms with E-state index < -0.39 is 23.1 Å². The Morgan fingerprint density at radius 1 is 1.08 bits per heavy atom. The maximum Gasteiger partial charge on any atom is 0.341 e. The number of carbonyl (C=O) groups is 3. The van der Waals surface area contributed by atoms with E-state index in [-0.39, 0.29) is 45.1 Å². The highest BCUT2D eigenvalue weighted by Gasteiger charge is 2.29. The average Bonchev–Trinajstić information content (AvgIpc) is 3.79. The first-order valence-electron chi connectivity index (χ1n) is 15.6. The van der Waals surface area contributed by atoms with Crippen molar-refractivity contribution in [1.29, 1.82) is 0 Å². The largest absolute Gasteiger partial charge is 0.477 e. The van der Waals surface area contributed by atoms with Crippen LogP contribution in [0.1, 0.15) is 51.8 Å². The number of anilines is 3. The molecule has 2 aliphatic rings. The predicted octanol–water partition coefficient (Wildman–Crippen LogP) is 6.13. The van der Waals surface area contributed by atoms with Crippen LogP contribution in [0.5, 0.6) is 0 Å². The van der Waals surface area contributed by atoms with Crippen LogP contribution in [-0.4, -0.2) is 75.0 Å². The minimum Gasteiger partial charge on any atom is -0.477 e. The van der Waals surface area contributed by atoms with E-state index in [4.69, 9.17) is 23.2 Å². The smallest absolute Gasteiger partial charge is 0.341 e. The van der Waals surface area contributed by atoms with E-state index in [1.165, 1.54) is 17.5 Å². The van der Waals surface area contributed by atoms with Crippen molar-refractivity contribution in [3.63, 3.8) is 0 Å². The molecule has 12 nitrogen and oxygen atoms in total. The lowest BCUT2D eigenvalue weighted by Crippen LogP contribution is -2.47. The van der Waals surface area contributed by atoms with Crippen LogP contribution in [0.25, 0.3) is 21.1 Å². The summed E-state index contributed by atoms with van der Waals surface area (Å²) in [5.74, 6) is -2.52. The standard InChI is InChI=1S/C33H30Cl2FN7O5S/c1-16-27(34)28(35)29(37-16)31(46)40-33-39-22-5-2-17(12-25(22)49-33)38-26(44)6-7-41-8-10-42(11-9-41)24-14-23-19(13-21(24)36)30(45)20(32(47)48)15-43(23)18-3-4-18/h2,5,12-15,18,37H,3-4,6-11H2,1H3,(H,38,44)(H,47,48)(H,39,40,46). The zero-order valence-corrected chi connectivity index (χ0v) is 28.4. The number of carboxylic acid groups (broad SMARTS) is 1. The summed E-state index contributed by atoms with van der Waals surface area (Å²) in [4.78, 5) is 61.4. The molecule has 1 saturated carbocycles. The van der Waals surface area contributed by atoms with Gasteiger partial charge in [-0.25, -0.2) is 14.2 Å². The Labute approximate surface area is 292 Å². The van der Waals surface area contributed by atoms with Gasteiger partial charge in [-0.3, -0.25) is 24.6 Å². The van der Waals surface area contributed by atoms with Crippen LogP contribution in [0, 0.1) is 12.7 Å². The SMILES string of the molecule is Cc1[nH]c(C(=O)Nc2nc3ccc(NC(=O)CCN4CCN(c5cc6c(cc5F)c(=O)c(C(=O)O)cn6C5CC5)CC4)cc3s2)c(Cl)c1Cl. The van der Waals surface area contributed by atoms with E-state index in [2.05, 4.69) is 25.5 Å². The van der Waals surface area contributed by atoms with E-state index in [9.17, 15) is 24.3 Å². The van der Waals surface area contributed by atoms with Gasteiger partial charge in [0.25, 0.3) is 5.91 Å². The van der Waals surface area contributed by atoms with Gasteiger partial charge < -0.3 is 24.9 Å². The van der Waals surface area contributed by atoms with E-state index in [1.54, 1.807) is 35.8 Å². The maximum atomic E-state index is 15.3. The molecule has 1 saturated heterocycles. The molecule has 16 heteroatoms. The van der Waals surface area contributed by atoms with Gasteiger partial charge in [0, 0.05) is 68.2 Å². The van der Waals surface area contributed by atoms with Gasteiger partial charge in [-0.05, 0) is 50.1 Å². The zero-order chi connectivity index (χ0) is 34.6. The second kappa shape index (κ2) is 13.1. The summed E-state index contributed by atoms with van der Waals surface area (Å²) >= 11 is 13.5. The Hall–Kier alpha value is -4.50. The summed E-state index contributed by atoms with van der Waals surface area (Å²) in [5, 5.41) is 16.0. The molecule has 1 aliphatic heterocycles. The number of nitrogens with one attached hydrogen (secondary N) is 3. The van der Waals surface area contributed by atoms with E-state index in [0.29, 0.717) is 66.0 Å². The van der Waals surface area contributed by atoms with Crippen LogP contribution in [0.4, 0.5) is 20.9 Å². The van der Waals surface area contributed by atoms with Gasteiger partial charge >= 0.3 is 5.97 Å². The molecule has 0 bridgehead atoms. The molecule has 49 heavy (non-hydrogen) atoms. The molecule has 0 spiro atoms. The van der Waals surface area contributed by atoms with E-state index >= 15 is 4.39 Å². The zero-order valence-electron chi connectivity index (χ0n) is 26.1. The Kier molecular flexibility index (Phi) is 8.82. The van der Waals surface area contributed by atoms with Crippen molar-refractivity contribution in [1.82, 2.24) is 19.4 Å². The number of aromatic amines is 1. The predicted molar refractivity (Wildman–Crippen MR) is 188 cm³/mol. The van der Waals surface area contributed by atoms with Gasteiger partial charge in [-0.2, -0.15) is 0 Å². The summed E-state index contributed by atoms with van der Waals surface area (Å²) < 4.78 is 17.9. The maximum absolute atomic E-state index is 15.3. The number of thiazole rings is 1. The third-order valence-electron chi connectivity index (χ3n) is 8.81. The number of amides is 2. The van der Waals surface area contributed by atoms with Crippen LogP contribution in [0.3, 0.4) is 0 Å². The van der Waals surface area contributed by atoms with Gasteiger partial charge in [0.15, 0.2) is 5.13 Å². The monoisotopic (exact) mass is 725 g/mol. The van der Waals surface area contributed by atoms with Crippen molar-refractivity contribution < 1.29 is 23.9 Å². The summed E-state index contributed by atoms with van der Waals surface area (Å²) in [5.41, 5.74) is 1.86. The van der Waals surface area contributed by atoms with E-state index in [0.717, 1.165) is 23.6 Å². The molecule has 4 N–H and O–H groups in total. The minimum absolute atomic E-state index is 0.0677. The normalized spacial score (nSPS) is 15.2. The molecule has 1 aliphatic carbocycles. The highest BCUT2D eigenvalue weighted by atomic mass is 35.5. The number of pyridine rings is 1. The first kappa shape index (κ1) is 33.0. The lowest BCUT2D eigenvalue weighted by molar-refractivity contribution is -0.116. The van der Waals surface area contributed by atoms with Crippen LogP contribution in [-0.2, 0) is 4.79 Å². The summed E-state index contributed by atoms with van der Waals surface area (Å²) in [6, 6.07) is 8.22. The van der Waals surface area contributed by atoms with Crippen LogP contribution in [0.2, 0.25) is 10.0 Å². The number of carbonyl (C=O) groups excluding carboxylic acids is 2. The van der Waals surface area contributed by atoms with Gasteiger partial charge in [0.05, 0.1) is 31.5 Å². The second-order valence-corrected chi connectivity index (χ2v) is 14.0. The van der Waals surface area contributed by atoms with Crippen molar-refractivity contribution in [2.75, 3.05) is 48.3 Å². The number of benzene rings is 2. The molecular weight excluding hydrogens is 696 g/mol. The van der Waals surface area contributed by atoms with Crippen LogP contribution in [0.15, 0.2) is 41.3 Å². The third kappa shape index (κ3) is 6.61. The fourth-order valence-corrected chi connectivity index (χ4v) is 7.36. The quantitative estimate of drug-likeness (QED) is 0.142.